The molecule has 102 valence electrons. The molecule has 0 fully saturated rings. The SMILES string of the molecule is CC.CNC(=O)CC(C)(C)Oc1ccc(Cl)cc1. The zero-order valence-corrected chi connectivity index (χ0v) is 12.5. The first-order valence-corrected chi connectivity index (χ1v) is 6.46. The first kappa shape index (κ1) is 16.8. The molecule has 18 heavy (non-hydrogen) atoms. The predicted octanol–water partition coefficient (Wildman–Crippen LogP) is 3.66. The second-order valence-corrected chi connectivity index (χ2v) is 4.60. The summed E-state index contributed by atoms with van der Waals surface area (Å²) in [4.78, 5) is 11.3. The summed E-state index contributed by atoms with van der Waals surface area (Å²) in [7, 11) is 1.61. The summed E-state index contributed by atoms with van der Waals surface area (Å²) in [6, 6.07) is 7.08. The molecule has 0 radical (unpaired) electrons. The van der Waals surface area contributed by atoms with Crippen LogP contribution in [0.4, 0.5) is 0 Å². The van der Waals surface area contributed by atoms with Crippen molar-refractivity contribution in [2.45, 2.75) is 39.7 Å². The number of nitrogens with one attached hydrogen (secondary N) is 1. The van der Waals surface area contributed by atoms with E-state index in [1.54, 1.807) is 31.3 Å². The Hall–Kier alpha value is -1.22. The molecule has 1 rings (SSSR count). The van der Waals surface area contributed by atoms with Crippen molar-refractivity contribution < 1.29 is 9.53 Å². The molecular formula is C14H22ClNO2. The third-order valence-electron chi connectivity index (χ3n) is 2.07. The van der Waals surface area contributed by atoms with Crippen LogP contribution in [0.15, 0.2) is 24.3 Å². The van der Waals surface area contributed by atoms with Gasteiger partial charge in [-0.25, -0.2) is 0 Å². The summed E-state index contributed by atoms with van der Waals surface area (Å²) in [5.74, 6) is 0.664. The molecule has 0 aromatic heterocycles. The van der Waals surface area contributed by atoms with E-state index in [2.05, 4.69) is 5.32 Å². The molecule has 0 aliphatic heterocycles. The maximum Gasteiger partial charge on any atom is 0.223 e. The number of rotatable bonds is 4. The second-order valence-electron chi connectivity index (χ2n) is 4.17. The average molecular weight is 272 g/mol. The van der Waals surface area contributed by atoms with Crippen LogP contribution in [0.5, 0.6) is 5.75 Å². The van der Waals surface area contributed by atoms with Gasteiger partial charge in [-0.3, -0.25) is 4.79 Å². The average Bonchev–Trinajstić information content (AvgIpc) is 2.33. The van der Waals surface area contributed by atoms with Crippen molar-refractivity contribution in [3.63, 3.8) is 0 Å². The fraction of sp³-hybridized carbons (Fsp3) is 0.500. The van der Waals surface area contributed by atoms with Crippen LogP contribution in [0.2, 0.25) is 5.02 Å². The number of hydrogen-bond donors (Lipinski definition) is 1. The normalized spacial score (nSPS) is 10.1. The summed E-state index contributed by atoms with van der Waals surface area (Å²) in [6.07, 6.45) is 0.312. The van der Waals surface area contributed by atoms with Gasteiger partial charge in [0, 0.05) is 12.1 Å². The molecule has 0 unspecified atom stereocenters. The topological polar surface area (TPSA) is 38.3 Å². The van der Waals surface area contributed by atoms with Crippen molar-refractivity contribution >= 4 is 17.5 Å². The van der Waals surface area contributed by atoms with E-state index in [0.717, 1.165) is 0 Å². The van der Waals surface area contributed by atoms with Gasteiger partial charge in [0.05, 0.1) is 6.42 Å². The summed E-state index contributed by atoms with van der Waals surface area (Å²) in [5, 5.41) is 3.24. The summed E-state index contributed by atoms with van der Waals surface area (Å²) in [6.45, 7) is 7.74. The maximum atomic E-state index is 11.3. The second kappa shape index (κ2) is 7.98. The van der Waals surface area contributed by atoms with E-state index < -0.39 is 5.60 Å². The van der Waals surface area contributed by atoms with Crippen molar-refractivity contribution in [2.75, 3.05) is 7.05 Å². The molecule has 0 aliphatic carbocycles. The molecule has 0 spiro atoms. The summed E-state index contributed by atoms with van der Waals surface area (Å²) in [5.41, 5.74) is -0.534. The molecular weight excluding hydrogens is 250 g/mol. The van der Waals surface area contributed by atoms with Crippen LogP contribution in [-0.4, -0.2) is 18.6 Å². The Kier molecular flexibility index (Phi) is 7.44. The van der Waals surface area contributed by atoms with Crippen molar-refractivity contribution in [1.82, 2.24) is 5.32 Å². The van der Waals surface area contributed by atoms with Gasteiger partial charge in [-0.1, -0.05) is 25.4 Å². The van der Waals surface area contributed by atoms with Crippen molar-refractivity contribution in [3.05, 3.63) is 29.3 Å². The molecule has 1 amide bonds. The Morgan fingerprint density at radius 1 is 1.28 bits per heavy atom. The number of carbonyl (C=O) groups is 1. The van der Waals surface area contributed by atoms with Crippen LogP contribution in [0.1, 0.15) is 34.1 Å². The number of halogens is 1. The lowest BCUT2D eigenvalue weighted by atomic mass is 10.0. The van der Waals surface area contributed by atoms with Gasteiger partial charge >= 0.3 is 0 Å². The van der Waals surface area contributed by atoms with E-state index in [1.165, 1.54) is 0 Å². The van der Waals surface area contributed by atoms with Crippen LogP contribution in [0.3, 0.4) is 0 Å². The first-order chi connectivity index (χ1) is 8.43. The molecule has 4 heteroatoms. The van der Waals surface area contributed by atoms with Gasteiger partial charge in [-0.05, 0) is 38.1 Å². The molecule has 0 saturated carbocycles. The quantitative estimate of drug-likeness (QED) is 0.908. The van der Waals surface area contributed by atoms with Gasteiger partial charge < -0.3 is 10.1 Å². The van der Waals surface area contributed by atoms with Crippen LogP contribution in [0, 0.1) is 0 Å². The van der Waals surface area contributed by atoms with E-state index >= 15 is 0 Å². The largest absolute Gasteiger partial charge is 0.487 e. The van der Waals surface area contributed by atoms with E-state index in [0.29, 0.717) is 17.2 Å². The predicted molar refractivity (Wildman–Crippen MR) is 76.2 cm³/mol. The molecule has 1 aromatic rings. The highest BCUT2D eigenvalue weighted by Gasteiger charge is 2.23. The number of amides is 1. The lowest BCUT2D eigenvalue weighted by molar-refractivity contribution is -0.123. The van der Waals surface area contributed by atoms with Crippen LogP contribution in [0.25, 0.3) is 0 Å². The minimum atomic E-state index is -0.534. The number of carbonyl (C=O) groups excluding carboxylic acids is 1. The Morgan fingerprint density at radius 2 is 1.78 bits per heavy atom. The third-order valence-corrected chi connectivity index (χ3v) is 2.32. The van der Waals surface area contributed by atoms with Crippen LogP contribution >= 0.6 is 11.6 Å². The molecule has 3 nitrogen and oxygen atoms in total. The van der Waals surface area contributed by atoms with E-state index in [1.807, 2.05) is 27.7 Å². The monoisotopic (exact) mass is 271 g/mol. The Balaban J connectivity index is 0.00000137. The molecule has 0 saturated heterocycles. The Bertz CT molecular complexity index is 361. The third kappa shape index (κ3) is 6.50. The molecule has 0 aliphatic rings. The standard InChI is InChI=1S/C12H16ClNO2.C2H6/c1-12(2,8-11(15)14-3)16-10-6-4-9(13)5-7-10;1-2/h4-7H,8H2,1-3H3,(H,14,15);1-2H3. The number of hydrogen-bond acceptors (Lipinski definition) is 2. The molecule has 0 bridgehead atoms. The van der Waals surface area contributed by atoms with Gasteiger partial charge in [0.2, 0.25) is 5.91 Å². The van der Waals surface area contributed by atoms with E-state index in [-0.39, 0.29) is 5.91 Å². The van der Waals surface area contributed by atoms with Crippen molar-refractivity contribution in [2.24, 2.45) is 0 Å². The zero-order chi connectivity index (χ0) is 14.2. The highest BCUT2D eigenvalue weighted by Crippen LogP contribution is 2.22. The summed E-state index contributed by atoms with van der Waals surface area (Å²) < 4.78 is 5.71. The van der Waals surface area contributed by atoms with Gasteiger partial charge in [0.15, 0.2) is 0 Å². The van der Waals surface area contributed by atoms with Gasteiger partial charge in [0.1, 0.15) is 11.4 Å². The van der Waals surface area contributed by atoms with Gasteiger partial charge in [-0.2, -0.15) is 0 Å². The fourth-order valence-electron chi connectivity index (χ4n) is 1.33. The number of benzene rings is 1. The molecule has 1 N–H and O–H groups in total. The molecule has 1 aromatic carbocycles. The minimum Gasteiger partial charge on any atom is -0.487 e. The highest BCUT2D eigenvalue weighted by atomic mass is 35.5. The van der Waals surface area contributed by atoms with Gasteiger partial charge in [0.25, 0.3) is 0 Å². The van der Waals surface area contributed by atoms with Crippen LogP contribution in [-0.2, 0) is 4.79 Å². The lowest BCUT2D eigenvalue weighted by Crippen LogP contribution is -2.35. The Morgan fingerprint density at radius 3 is 2.22 bits per heavy atom. The fourth-order valence-corrected chi connectivity index (χ4v) is 1.46. The maximum absolute atomic E-state index is 11.3. The zero-order valence-electron chi connectivity index (χ0n) is 11.7. The molecule has 0 atom stereocenters. The van der Waals surface area contributed by atoms with Crippen LogP contribution < -0.4 is 10.1 Å². The molecule has 0 heterocycles. The van der Waals surface area contributed by atoms with Crippen molar-refractivity contribution in [1.29, 1.82) is 0 Å². The smallest absolute Gasteiger partial charge is 0.223 e. The van der Waals surface area contributed by atoms with E-state index in [9.17, 15) is 4.79 Å². The lowest BCUT2D eigenvalue weighted by Gasteiger charge is -2.25. The number of ether oxygens (including phenoxy) is 1. The summed E-state index contributed by atoms with van der Waals surface area (Å²) >= 11 is 5.77. The first-order valence-electron chi connectivity index (χ1n) is 6.08. The van der Waals surface area contributed by atoms with Gasteiger partial charge in [-0.15, -0.1) is 0 Å². The van der Waals surface area contributed by atoms with Crippen molar-refractivity contribution in [3.8, 4) is 5.75 Å². The van der Waals surface area contributed by atoms with E-state index in [4.69, 9.17) is 16.3 Å². The minimum absolute atomic E-state index is 0.0426. The Labute approximate surface area is 114 Å². The highest BCUT2D eigenvalue weighted by molar-refractivity contribution is 6.30.